The summed E-state index contributed by atoms with van der Waals surface area (Å²) >= 11 is 0. The predicted molar refractivity (Wildman–Crippen MR) is 119 cm³/mol. The summed E-state index contributed by atoms with van der Waals surface area (Å²) in [5.74, 6) is 0.178. The Morgan fingerprint density at radius 2 is 1.63 bits per heavy atom. The number of hydrogen-bond acceptors (Lipinski definition) is 4. The fourth-order valence-electron chi connectivity index (χ4n) is 3.37. The third-order valence-corrected chi connectivity index (χ3v) is 4.87. The van der Waals surface area contributed by atoms with Gasteiger partial charge in [-0.3, -0.25) is 4.98 Å². The third-order valence-electron chi connectivity index (χ3n) is 4.87. The zero-order valence-corrected chi connectivity index (χ0v) is 16.1. The maximum Gasteiger partial charge on any atom is 0.141 e. The first-order valence-corrected chi connectivity index (χ1v) is 9.60. The number of fused-ring (bicyclic) bond motifs is 1. The van der Waals surface area contributed by atoms with E-state index >= 15 is 0 Å². The molecule has 0 unspecified atom stereocenters. The highest BCUT2D eigenvalue weighted by molar-refractivity contribution is 5.86. The van der Waals surface area contributed by atoms with Crippen LogP contribution in [0.25, 0.3) is 40.0 Å². The monoisotopic (exact) mass is 390 g/mol. The first-order valence-electron chi connectivity index (χ1n) is 9.60. The van der Waals surface area contributed by atoms with E-state index in [9.17, 15) is 5.11 Å². The van der Waals surface area contributed by atoms with Crippen molar-refractivity contribution in [2.24, 2.45) is 0 Å². The molecule has 5 nitrogen and oxygen atoms in total. The lowest BCUT2D eigenvalue weighted by Crippen LogP contribution is -1.93. The molecule has 0 radical (unpaired) electrons. The van der Waals surface area contributed by atoms with Crippen LogP contribution in [0.5, 0.6) is 5.75 Å². The van der Waals surface area contributed by atoms with Crippen molar-refractivity contribution in [3.05, 3.63) is 103 Å². The van der Waals surface area contributed by atoms with Gasteiger partial charge >= 0.3 is 0 Å². The van der Waals surface area contributed by atoms with Crippen LogP contribution in [0.3, 0.4) is 0 Å². The summed E-state index contributed by atoms with van der Waals surface area (Å²) in [4.78, 5) is 8.69. The number of aromatic hydroxyl groups is 1. The minimum Gasteiger partial charge on any atom is -0.506 e. The van der Waals surface area contributed by atoms with Gasteiger partial charge in [-0.1, -0.05) is 36.4 Å². The lowest BCUT2D eigenvalue weighted by atomic mass is 10.1. The van der Waals surface area contributed by atoms with Crippen molar-refractivity contribution in [2.45, 2.75) is 0 Å². The molecule has 0 aliphatic heterocycles. The lowest BCUT2D eigenvalue weighted by Gasteiger charge is -2.01. The van der Waals surface area contributed by atoms with Crippen LogP contribution < -0.4 is 0 Å². The second-order valence-electron chi connectivity index (χ2n) is 6.87. The molecule has 5 heteroatoms. The van der Waals surface area contributed by atoms with Crippen molar-refractivity contribution in [3.63, 3.8) is 0 Å². The summed E-state index contributed by atoms with van der Waals surface area (Å²) in [5.41, 5.74) is 5.15. The Bertz CT molecular complexity index is 1340. The molecule has 144 valence electrons. The molecule has 0 bridgehead atoms. The van der Waals surface area contributed by atoms with Crippen LogP contribution in [-0.2, 0) is 0 Å². The summed E-state index contributed by atoms with van der Waals surface area (Å²) in [6, 6.07) is 23.2. The molecule has 0 amide bonds. The summed E-state index contributed by atoms with van der Waals surface area (Å²) in [5, 5.41) is 15.8. The molecule has 1 N–H and O–H groups in total. The van der Waals surface area contributed by atoms with E-state index in [1.807, 2.05) is 89.8 Å². The van der Waals surface area contributed by atoms with E-state index < -0.39 is 0 Å². The Kier molecular flexibility index (Phi) is 4.54. The van der Waals surface area contributed by atoms with E-state index in [1.165, 1.54) is 0 Å². The van der Waals surface area contributed by atoms with Gasteiger partial charge in [-0.2, -0.15) is 5.10 Å². The van der Waals surface area contributed by atoms with Crippen LogP contribution in [-0.4, -0.2) is 24.9 Å². The van der Waals surface area contributed by atoms with E-state index in [0.717, 1.165) is 33.6 Å². The number of para-hydroxylation sites is 2. The Morgan fingerprint density at radius 1 is 0.800 bits per heavy atom. The molecule has 3 aromatic heterocycles. The van der Waals surface area contributed by atoms with Crippen molar-refractivity contribution in [2.75, 3.05) is 0 Å². The molecule has 5 aromatic rings. The molecule has 0 aliphatic carbocycles. The number of hydrogen-bond donors (Lipinski definition) is 1. The number of rotatable bonds is 4. The standard InChI is InChI=1S/C25H18N4O/c30-23-8-4-5-18-9-11-21(27-25(18)23)12-10-20-17-29(22-6-2-1-3-7-22)28-24(20)19-13-15-26-16-14-19/h1-17,30H. The summed E-state index contributed by atoms with van der Waals surface area (Å²) in [7, 11) is 0. The minimum absolute atomic E-state index is 0.178. The van der Waals surface area contributed by atoms with E-state index in [2.05, 4.69) is 9.97 Å². The fraction of sp³-hybridized carbons (Fsp3) is 0. The van der Waals surface area contributed by atoms with Crippen LogP contribution in [0.2, 0.25) is 0 Å². The van der Waals surface area contributed by atoms with Crippen LogP contribution in [0.1, 0.15) is 11.3 Å². The number of phenolic OH excluding ortho intramolecular Hbond substituents is 1. The highest BCUT2D eigenvalue weighted by atomic mass is 16.3. The molecule has 30 heavy (non-hydrogen) atoms. The van der Waals surface area contributed by atoms with E-state index in [0.29, 0.717) is 5.52 Å². The lowest BCUT2D eigenvalue weighted by molar-refractivity contribution is 0.480. The third kappa shape index (κ3) is 3.44. The topological polar surface area (TPSA) is 63.8 Å². The summed E-state index contributed by atoms with van der Waals surface area (Å²) in [6.45, 7) is 0. The van der Waals surface area contributed by atoms with Crippen LogP contribution in [0.4, 0.5) is 0 Å². The Balaban J connectivity index is 1.58. The van der Waals surface area contributed by atoms with Gasteiger partial charge in [0.05, 0.1) is 11.4 Å². The van der Waals surface area contributed by atoms with Gasteiger partial charge < -0.3 is 5.11 Å². The molecule has 0 aliphatic rings. The van der Waals surface area contributed by atoms with Gasteiger partial charge in [0.25, 0.3) is 0 Å². The molecule has 3 heterocycles. The van der Waals surface area contributed by atoms with Gasteiger partial charge in [0.2, 0.25) is 0 Å². The predicted octanol–water partition coefficient (Wildman–Crippen LogP) is 5.36. The van der Waals surface area contributed by atoms with E-state index in [1.54, 1.807) is 18.5 Å². The minimum atomic E-state index is 0.178. The second-order valence-corrected chi connectivity index (χ2v) is 6.87. The number of phenols is 1. The van der Waals surface area contributed by atoms with Crippen LogP contribution in [0.15, 0.2) is 91.4 Å². The largest absolute Gasteiger partial charge is 0.506 e. The molecule has 0 atom stereocenters. The Morgan fingerprint density at radius 3 is 2.47 bits per heavy atom. The molecule has 2 aromatic carbocycles. The van der Waals surface area contributed by atoms with Crippen molar-refractivity contribution in [1.82, 2.24) is 19.7 Å². The maximum absolute atomic E-state index is 10.1. The van der Waals surface area contributed by atoms with Gasteiger partial charge in [-0.15, -0.1) is 0 Å². The SMILES string of the molecule is Oc1cccc2ccc(C=Cc3cn(-c4ccccc4)nc3-c3ccncc3)nc12. The smallest absolute Gasteiger partial charge is 0.141 e. The van der Waals surface area contributed by atoms with Crippen LogP contribution in [0, 0.1) is 0 Å². The average Bonchev–Trinajstić information content (AvgIpc) is 3.24. The number of benzene rings is 2. The zero-order valence-electron chi connectivity index (χ0n) is 16.1. The van der Waals surface area contributed by atoms with Gasteiger partial charge in [-0.25, -0.2) is 9.67 Å². The van der Waals surface area contributed by atoms with Gasteiger partial charge in [0, 0.05) is 35.1 Å². The molecular formula is C25H18N4O. The summed E-state index contributed by atoms with van der Waals surface area (Å²) < 4.78 is 1.87. The van der Waals surface area contributed by atoms with E-state index in [4.69, 9.17) is 5.10 Å². The van der Waals surface area contributed by atoms with Gasteiger partial charge in [-0.05, 0) is 48.6 Å². The molecular weight excluding hydrogens is 372 g/mol. The Labute approximate surface area is 173 Å². The number of aromatic nitrogens is 4. The quantitative estimate of drug-likeness (QED) is 0.449. The molecule has 0 saturated heterocycles. The van der Waals surface area contributed by atoms with Crippen molar-refractivity contribution < 1.29 is 5.11 Å². The molecule has 5 rings (SSSR count). The number of pyridine rings is 2. The zero-order chi connectivity index (χ0) is 20.3. The first kappa shape index (κ1) is 17.8. The molecule has 0 fully saturated rings. The highest BCUT2D eigenvalue weighted by Crippen LogP contribution is 2.26. The van der Waals surface area contributed by atoms with Gasteiger partial charge in [0.15, 0.2) is 0 Å². The van der Waals surface area contributed by atoms with E-state index in [-0.39, 0.29) is 5.75 Å². The average molecular weight is 390 g/mol. The van der Waals surface area contributed by atoms with Crippen molar-refractivity contribution >= 4 is 23.1 Å². The van der Waals surface area contributed by atoms with Gasteiger partial charge in [0.1, 0.15) is 17.0 Å². The maximum atomic E-state index is 10.1. The highest BCUT2D eigenvalue weighted by Gasteiger charge is 2.10. The fourth-order valence-corrected chi connectivity index (χ4v) is 3.37. The first-order chi connectivity index (χ1) is 14.8. The normalized spacial score (nSPS) is 11.3. The van der Waals surface area contributed by atoms with Crippen LogP contribution >= 0.6 is 0 Å². The summed E-state index contributed by atoms with van der Waals surface area (Å²) in [6.07, 6.45) is 9.45. The van der Waals surface area contributed by atoms with Crippen molar-refractivity contribution in [1.29, 1.82) is 0 Å². The Hall–Kier alpha value is -4.25. The molecule has 0 saturated carbocycles. The second kappa shape index (κ2) is 7.64. The number of nitrogens with zero attached hydrogens (tertiary/aromatic N) is 4. The van der Waals surface area contributed by atoms with Crippen molar-refractivity contribution in [3.8, 4) is 22.7 Å². The molecule has 0 spiro atoms.